The summed E-state index contributed by atoms with van der Waals surface area (Å²) in [5, 5.41) is 2.61. The van der Waals surface area contributed by atoms with Gasteiger partial charge >= 0.3 is 5.97 Å². The number of carbonyl (C=O) groups is 3. The lowest BCUT2D eigenvalue weighted by atomic mass is 10.1. The Hall–Kier alpha value is -2.95. The van der Waals surface area contributed by atoms with Gasteiger partial charge in [-0.05, 0) is 36.2 Å². The van der Waals surface area contributed by atoms with Gasteiger partial charge in [0, 0.05) is 18.2 Å². The van der Waals surface area contributed by atoms with Crippen molar-refractivity contribution in [2.24, 2.45) is 0 Å². The number of carbonyl (C=O) groups excluding carboxylic acids is 3. The second kappa shape index (κ2) is 8.06. The van der Waals surface area contributed by atoms with E-state index in [4.69, 9.17) is 4.74 Å². The Balaban J connectivity index is 1.91. The zero-order chi connectivity index (χ0) is 17.5. The molecule has 0 unspecified atom stereocenters. The number of Topliss-reactive ketones (excluding diaryl/α,β-unsaturated/α-hetero) is 1. The van der Waals surface area contributed by atoms with Crippen molar-refractivity contribution in [3.8, 4) is 0 Å². The molecule has 2 aromatic rings. The molecule has 2 rings (SSSR count). The van der Waals surface area contributed by atoms with Crippen molar-refractivity contribution in [2.75, 3.05) is 11.9 Å². The minimum atomic E-state index is -0.581. The molecule has 0 aliphatic heterocycles. The van der Waals surface area contributed by atoms with Gasteiger partial charge in [-0.15, -0.1) is 0 Å². The Kier molecular flexibility index (Phi) is 5.84. The first-order chi connectivity index (χ1) is 11.5. The van der Waals surface area contributed by atoms with E-state index in [1.54, 1.807) is 24.3 Å². The van der Waals surface area contributed by atoms with E-state index in [9.17, 15) is 14.4 Å². The lowest BCUT2D eigenvalue weighted by Gasteiger charge is -2.06. The Bertz CT molecular complexity index is 733. The molecule has 0 saturated heterocycles. The molecule has 5 nitrogen and oxygen atoms in total. The number of hydrogen-bond donors (Lipinski definition) is 1. The zero-order valence-corrected chi connectivity index (χ0v) is 13.7. The molecule has 1 amide bonds. The molecule has 0 radical (unpaired) electrons. The van der Waals surface area contributed by atoms with Crippen molar-refractivity contribution in [1.82, 2.24) is 0 Å². The second-order valence-corrected chi connectivity index (χ2v) is 5.31. The number of aryl methyl sites for hydroxylation is 1. The number of esters is 1. The summed E-state index contributed by atoms with van der Waals surface area (Å²) < 4.78 is 5.05. The number of hydrogen-bond acceptors (Lipinski definition) is 4. The first kappa shape index (κ1) is 17.4. The van der Waals surface area contributed by atoms with Crippen LogP contribution in [0.15, 0.2) is 48.5 Å². The Morgan fingerprint density at radius 2 is 1.50 bits per heavy atom. The number of ketones is 1. The molecule has 0 aliphatic carbocycles. The molecule has 0 bridgehead atoms. The van der Waals surface area contributed by atoms with Gasteiger partial charge in [-0.3, -0.25) is 9.59 Å². The van der Waals surface area contributed by atoms with E-state index in [1.165, 1.54) is 19.1 Å². The summed E-state index contributed by atoms with van der Waals surface area (Å²) in [6.07, 6.45) is 0.901. The van der Waals surface area contributed by atoms with Gasteiger partial charge in [-0.2, -0.15) is 0 Å². The maximum absolute atomic E-state index is 12.0. The highest BCUT2D eigenvalue weighted by atomic mass is 16.5. The highest BCUT2D eigenvalue weighted by Crippen LogP contribution is 2.11. The van der Waals surface area contributed by atoms with Crippen LogP contribution in [0.4, 0.5) is 5.69 Å². The molecule has 0 spiro atoms. The maximum Gasteiger partial charge on any atom is 0.338 e. The summed E-state index contributed by atoms with van der Waals surface area (Å²) in [6.45, 7) is 3.13. The van der Waals surface area contributed by atoms with Crippen LogP contribution in [0.1, 0.15) is 40.1 Å². The van der Waals surface area contributed by atoms with Gasteiger partial charge in [0.05, 0.1) is 5.56 Å². The van der Waals surface area contributed by atoms with E-state index in [2.05, 4.69) is 5.32 Å². The van der Waals surface area contributed by atoms with Crippen LogP contribution >= 0.6 is 0 Å². The third-order valence-electron chi connectivity index (χ3n) is 3.46. The number of benzene rings is 2. The van der Waals surface area contributed by atoms with Crippen LogP contribution in [0, 0.1) is 0 Å². The van der Waals surface area contributed by atoms with Gasteiger partial charge in [0.2, 0.25) is 5.91 Å². The third kappa shape index (κ3) is 4.78. The third-order valence-corrected chi connectivity index (χ3v) is 3.46. The summed E-state index contributed by atoms with van der Waals surface area (Å²) in [6, 6.07) is 13.5. The first-order valence-corrected chi connectivity index (χ1v) is 7.66. The molecule has 5 heteroatoms. The fourth-order valence-electron chi connectivity index (χ4n) is 2.12. The van der Waals surface area contributed by atoms with Crippen LogP contribution in [-0.4, -0.2) is 24.3 Å². The number of amides is 1. The van der Waals surface area contributed by atoms with E-state index in [0.29, 0.717) is 16.8 Å². The zero-order valence-electron chi connectivity index (χ0n) is 13.7. The van der Waals surface area contributed by atoms with Crippen LogP contribution in [0.5, 0.6) is 0 Å². The normalized spacial score (nSPS) is 10.1. The summed E-state index contributed by atoms with van der Waals surface area (Å²) in [5.74, 6) is -1.02. The number of nitrogens with one attached hydrogen (secondary N) is 1. The molecule has 0 aromatic heterocycles. The SMILES string of the molecule is CCc1ccc(C(=O)COC(=O)c2ccc(NC(C)=O)cc2)cc1. The molecule has 2 aromatic carbocycles. The summed E-state index contributed by atoms with van der Waals surface area (Å²) >= 11 is 0. The van der Waals surface area contributed by atoms with E-state index >= 15 is 0 Å². The Morgan fingerprint density at radius 3 is 2.04 bits per heavy atom. The van der Waals surface area contributed by atoms with Crippen LogP contribution in [0.2, 0.25) is 0 Å². The smallest absolute Gasteiger partial charge is 0.338 e. The van der Waals surface area contributed by atoms with Crippen molar-refractivity contribution in [3.63, 3.8) is 0 Å². The molecule has 124 valence electrons. The first-order valence-electron chi connectivity index (χ1n) is 7.66. The number of anilines is 1. The van der Waals surface area contributed by atoms with Crippen molar-refractivity contribution >= 4 is 23.3 Å². The summed E-state index contributed by atoms with van der Waals surface area (Å²) in [7, 11) is 0. The van der Waals surface area contributed by atoms with Crippen molar-refractivity contribution in [1.29, 1.82) is 0 Å². The van der Waals surface area contributed by atoms with Crippen LogP contribution in [0.3, 0.4) is 0 Å². The van der Waals surface area contributed by atoms with Gasteiger partial charge in [-0.1, -0.05) is 31.2 Å². The average Bonchev–Trinajstić information content (AvgIpc) is 2.59. The summed E-state index contributed by atoms with van der Waals surface area (Å²) in [5.41, 5.74) is 2.56. The van der Waals surface area contributed by atoms with Crippen LogP contribution in [-0.2, 0) is 16.0 Å². The molecule has 0 aliphatic rings. The fraction of sp³-hybridized carbons (Fsp3) is 0.211. The van der Waals surface area contributed by atoms with Crippen LogP contribution in [0.25, 0.3) is 0 Å². The van der Waals surface area contributed by atoms with Gasteiger partial charge in [0.15, 0.2) is 12.4 Å². The van der Waals surface area contributed by atoms with E-state index < -0.39 is 5.97 Å². The average molecular weight is 325 g/mol. The van der Waals surface area contributed by atoms with Gasteiger partial charge in [0.25, 0.3) is 0 Å². The molecule has 0 atom stereocenters. The standard InChI is InChI=1S/C19H19NO4/c1-3-14-4-6-15(7-5-14)18(22)12-24-19(23)16-8-10-17(11-9-16)20-13(2)21/h4-11H,3,12H2,1-2H3,(H,20,21). The number of rotatable bonds is 6. The predicted molar refractivity (Wildman–Crippen MR) is 91.2 cm³/mol. The largest absolute Gasteiger partial charge is 0.454 e. The van der Waals surface area contributed by atoms with Gasteiger partial charge < -0.3 is 10.1 Å². The van der Waals surface area contributed by atoms with Crippen molar-refractivity contribution in [3.05, 3.63) is 65.2 Å². The van der Waals surface area contributed by atoms with E-state index in [-0.39, 0.29) is 18.3 Å². The monoisotopic (exact) mass is 325 g/mol. The number of ether oxygens (including phenoxy) is 1. The summed E-state index contributed by atoms with van der Waals surface area (Å²) in [4.78, 5) is 34.9. The quantitative estimate of drug-likeness (QED) is 0.653. The van der Waals surface area contributed by atoms with E-state index in [0.717, 1.165) is 12.0 Å². The van der Waals surface area contributed by atoms with E-state index in [1.807, 2.05) is 19.1 Å². The Morgan fingerprint density at radius 1 is 0.917 bits per heavy atom. The second-order valence-electron chi connectivity index (χ2n) is 5.31. The highest BCUT2D eigenvalue weighted by molar-refractivity contribution is 5.99. The lowest BCUT2D eigenvalue weighted by Crippen LogP contribution is -2.14. The molecule has 24 heavy (non-hydrogen) atoms. The molecular weight excluding hydrogens is 306 g/mol. The highest BCUT2D eigenvalue weighted by Gasteiger charge is 2.12. The predicted octanol–water partition coefficient (Wildman–Crippen LogP) is 3.25. The van der Waals surface area contributed by atoms with Crippen molar-refractivity contribution < 1.29 is 19.1 Å². The minimum absolute atomic E-state index is 0.190. The molecule has 0 fully saturated rings. The fourth-order valence-corrected chi connectivity index (χ4v) is 2.12. The van der Waals surface area contributed by atoms with Crippen LogP contribution < -0.4 is 5.32 Å². The molecule has 0 heterocycles. The molecular formula is C19H19NO4. The van der Waals surface area contributed by atoms with Gasteiger partial charge in [0.1, 0.15) is 0 Å². The van der Waals surface area contributed by atoms with Crippen molar-refractivity contribution in [2.45, 2.75) is 20.3 Å². The molecule has 0 saturated carbocycles. The van der Waals surface area contributed by atoms with Gasteiger partial charge in [-0.25, -0.2) is 4.79 Å². The lowest BCUT2D eigenvalue weighted by molar-refractivity contribution is -0.114. The molecule has 1 N–H and O–H groups in total. The Labute approximate surface area is 140 Å². The minimum Gasteiger partial charge on any atom is -0.454 e. The maximum atomic E-state index is 12.0. The topological polar surface area (TPSA) is 72.5 Å².